The lowest BCUT2D eigenvalue weighted by Gasteiger charge is -2.27. The van der Waals surface area contributed by atoms with Crippen LogP contribution < -0.4 is 0 Å². The Balaban J connectivity index is 1.24. The van der Waals surface area contributed by atoms with Gasteiger partial charge in [0.25, 0.3) is 0 Å². The molecule has 0 N–H and O–H groups in total. The lowest BCUT2D eigenvalue weighted by molar-refractivity contribution is 1.03. The number of thiophene rings is 1. The van der Waals surface area contributed by atoms with Gasteiger partial charge in [0, 0.05) is 58.6 Å². The minimum atomic E-state index is 0.428. The molecule has 11 aromatic carbocycles. The summed E-state index contributed by atoms with van der Waals surface area (Å²) in [6, 6.07) is 85.2. The molecular weight excluding hydrogens is 945 g/mol. The van der Waals surface area contributed by atoms with Gasteiger partial charge in [-0.05, 0) is 72.1 Å². The lowest BCUT2D eigenvalue weighted by Crippen LogP contribution is -2.16. The molecule has 0 saturated heterocycles. The van der Waals surface area contributed by atoms with Gasteiger partial charge >= 0.3 is 0 Å². The minimum absolute atomic E-state index is 0.428. The largest absolute Gasteiger partial charge is 0.306 e. The van der Waals surface area contributed by atoms with Crippen molar-refractivity contribution >= 4 is 119 Å². The number of hydrogen-bond acceptors (Lipinski definition) is 3. The summed E-state index contributed by atoms with van der Waals surface area (Å²) in [6.07, 6.45) is 0. The Morgan fingerprint density at radius 1 is 0.329 bits per heavy atom. The van der Waals surface area contributed by atoms with E-state index in [1.54, 1.807) is 11.3 Å². The van der Waals surface area contributed by atoms with Crippen LogP contribution in [0.25, 0.3) is 141 Å². The van der Waals surface area contributed by atoms with Crippen LogP contribution in [-0.2, 0) is 0 Å². The zero-order valence-electron chi connectivity index (χ0n) is 41.0. The van der Waals surface area contributed by atoms with Crippen LogP contribution in [0.4, 0.5) is 0 Å². The normalized spacial score (nSPS) is 12.0. The number of rotatable bonds is 5. The summed E-state index contributed by atoms with van der Waals surface area (Å²) in [5.41, 5.74) is 14.2. The van der Waals surface area contributed by atoms with Crippen molar-refractivity contribution in [2.24, 2.45) is 0 Å². The third-order valence-electron chi connectivity index (χ3n) is 16.0. The third kappa shape index (κ3) is 5.61. The van der Waals surface area contributed by atoms with Gasteiger partial charge in [0.2, 0.25) is 0 Å². The van der Waals surface area contributed by atoms with Crippen LogP contribution in [0, 0.1) is 29.6 Å². The monoisotopic (exact) mass is 984 g/mol. The molecule has 7 heteroatoms. The van der Waals surface area contributed by atoms with Crippen LogP contribution in [0.3, 0.4) is 0 Å². The number of benzene rings is 11. The Bertz CT molecular complexity index is 5130. The Labute approximate surface area is 439 Å². The molecule has 0 aliphatic rings. The molecule has 76 heavy (non-hydrogen) atoms. The summed E-state index contributed by atoms with van der Waals surface area (Å²) in [5, 5.41) is 36.3. The summed E-state index contributed by atoms with van der Waals surface area (Å²) >= 11 is 1.77. The van der Waals surface area contributed by atoms with E-state index in [1.807, 2.05) is 0 Å². The topological polar surface area (TPSA) is 67.3 Å². The number of nitriles is 2. The molecule has 16 aromatic rings. The van der Waals surface area contributed by atoms with Gasteiger partial charge in [-0.15, -0.1) is 11.3 Å². The highest BCUT2D eigenvalue weighted by Gasteiger charge is 2.35. The van der Waals surface area contributed by atoms with E-state index >= 15 is 0 Å². The van der Waals surface area contributed by atoms with Crippen LogP contribution >= 0.6 is 11.3 Å². The quantitative estimate of drug-likeness (QED) is 0.172. The summed E-state index contributed by atoms with van der Waals surface area (Å²) in [7, 11) is 0. The van der Waals surface area contributed by atoms with E-state index in [0.717, 1.165) is 114 Å². The van der Waals surface area contributed by atoms with E-state index in [2.05, 4.69) is 262 Å². The zero-order valence-corrected chi connectivity index (χ0v) is 41.8. The molecule has 0 bridgehead atoms. The first-order valence-corrected chi connectivity index (χ1v) is 26.4. The Hall–Kier alpha value is -10.2. The van der Waals surface area contributed by atoms with Gasteiger partial charge in [-0.25, -0.2) is 0 Å². The van der Waals surface area contributed by atoms with E-state index in [9.17, 15) is 10.5 Å². The maximum absolute atomic E-state index is 12.9. The van der Waals surface area contributed by atoms with Crippen LogP contribution in [0.1, 0.15) is 16.7 Å². The second-order valence-electron chi connectivity index (χ2n) is 19.8. The smallest absolute Gasteiger partial charge is 0.104 e. The molecule has 5 aromatic heterocycles. The van der Waals surface area contributed by atoms with Crippen molar-refractivity contribution in [2.45, 2.75) is 6.92 Å². The highest BCUT2D eigenvalue weighted by molar-refractivity contribution is 7.26. The van der Waals surface area contributed by atoms with Crippen molar-refractivity contribution in [3.63, 3.8) is 0 Å². The first-order chi connectivity index (χ1) is 37.6. The van der Waals surface area contributed by atoms with E-state index in [-0.39, 0.29) is 0 Å². The first kappa shape index (κ1) is 42.3. The predicted molar refractivity (Wildman–Crippen MR) is 316 cm³/mol. The lowest BCUT2D eigenvalue weighted by atomic mass is 9.98. The number of fused-ring (bicyclic) bond motifs is 16. The first-order valence-electron chi connectivity index (χ1n) is 25.6. The second-order valence-corrected chi connectivity index (χ2v) is 20.8. The Kier molecular flexibility index (Phi) is 8.86. The SMILES string of the molecule is Cc1ccccc1-c1ccc2c3ccc4c5ccccc5sc4c3n(-c3c(C#N)c(-n4c5ccccc5c5ccccc54)c(-n4c5ccccc5c5ccccc54)c(C#N)c3-n3c4ccccc4c4ccccc43)c2c1. The third-order valence-corrected chi connectivity index (χ3v) is 17.2. The molecule has 0 radical (unpaired) electrons. The molecule has 0 atom stereocenters. The molecule has 352 valence electrons. The number of aromatic nitrogens is 4. The number of nitrogens with zero attached hydrogens (tertiary/aromatic N) is 6. The van der Waals surface area contributed by atoms with Crippen molar-refractivity contribution in [3.05, 3.63) is 241 Å². The number of aryl methyl sites for hydroxylation is 1. The van der Waals surface area contributed by atoms with Gasteiger partial charge in [0.15, 0.2) is 0 Å². The van der Waals surface area contributed by atoms with Crippen LogP contribution in [0.15, 0.2) is 224 Å². The average molecular weight is 985 g/mol. The van der Waals surface area contributed by atoms with E-state index < -0.39 is 0 Å². The molecule has 0 amide bonds. The highest BCUT2D eigenvalue weighted by atomic mass is 32.1. The molecule has 16 rings (SSSR count). The predicted octanol–water partition coefficient (Wildman–Crippen LogP) is 18.2. The molecule has 0 fully saturated rings. The molecule has 6 nitrogen and oxygen atoms in total. The molecule has 0 unspecified atom stereocenters. The summed E-state index contributed by atoms with van der Waals surface area (Å²) in [6.45, 7) is 2.16. The summed E-state index contributed by atoms with van der Waals surface area (Å²) in [4.78, 5) is 0. The second kappa shape index (κ2) is 15.9. The molecule has 0 aliphatic heterocycles. The standard InChI is InChI=1S/C69H40N6S/c1-41-18-2-3-19-43(41)42-34-35-50-52-36-37-53-51-26-10-17-33-63(51)76-69(53)68(52)75(62(50)38-42)67-55(40-71)65(73-58-29-13-6-22-46(58)47-23-7-14-30-59(47)73)64(72-56-27-11-4-20-44(56)45-21-5-12-28-57(45)72)54(39-70)66(67)74-60-31-15-8-24-48(60)49-25-9-16-32-61(49)74/h2-38H,1H3. The maximum atomic E-state index is 12.9. The van der Waals surface area contributed by atoms with Gasteiger partial charge in [0.05, 0.1) is 71.6 Å². The van der Waals surface area contributed by atoms with Gasteiger partial charge in [-0.3, -0.25) is 0 Å². The average Bonchev–Trinajstić information content (AvgIpc) is 4.32. The van der Waals surface area contributed by atoms with Gasteiger partial charge in [0.1, 0.15) is 23.3 Å². The molecule has 0 aliphatic carbocycles. The summed E-state index contributed by atoms with van der Waals surface area (Å²) < 4.78 is 11.5. The fraction of sp³-hybridized carbons (Fsp3) is 0.0145. The van der Waals surface area contributed by atoms with E-state index in [4.69, 9.17) is 0 Å². The zero-order chi connectivity index (χ0) is 50.3. The van der Waals surface area contributed by atoms with E-state index in [1.165, 1.54) is 10.1 Å². The fourth-order valence-corrected chi connectivity index (χ4v) is 14.1. The molecule has 5 heterocycles. The van der Waals surface area contributed by atoms with Crippen molar-refractivity contribution in [2.75, 3.05) is 0 Å². The summed E-state index contributed by atoms with van der Waals surface area (Å²) in [5.74, 6) is 0. The van der Waals surface area contributed by atoms with Crippen molar-refractivity contribution in [1.29, 1.82) is 10.5 Å². The van der Waals surface area contributed by atoms with Gasteiger partial charge < -0.3 is 18.3 Å². The van der Waals surface area contributed by atoms with Crippen molar-refractivity contribution < 1.29 is 0 Å². The van der Waals surface area contributed by atoms with Crippen molar-refractivity contribution in [3.8, 4) is 46.0 Å². The van der Waals surface area contributed by atoms with E-state index in [0.29, 0.717) is 33.9 Å². The molecule has 0 saturated carbocycles. The maximum Gasteiger partial charge on any atom is 0.104 e. The van der Waals surface area contributed by atoms with Crippen LogP contribution in [0.2, 0.25) is 0 Å². The number of para-hydroxylation sites is 6. The fourth-order valence-electron chi connectivity index (χ4n) is 12.8. The molecule has 0 spiro atoms. The number of hydrogen-bond donors (Lipinski definition) is 0. The molecular formula is C69H40N6S. The van der Waals surface area contributed by atoms with Crippen LogP contribution in [-0.4, -0.2) is 18.3 Å². The van der Waals surface area contributed by atoms with Gasteiger partial charge in [-0.1, -0.05) is 176 Å². The van der Waals surface area contributed by atoms with Crippen molar-refractivity contribution in [1.82, 2.24) is 18.3 Å². The van der Waals surface area contributed by atoms with Gasteiger partial charge in [-0.2, -0.15) is 10.5 Å². The Morgan fingerprint density at radius 3 is 1.13 bits per heavy atom. The minimum Gasteiger partial charge on any atom is -0.306 e. The Morgan fingerprint density at radius 2 is 0.684 bits per heavy atom. The van der Waals surface area contributed by atoms with Crippen LogP contribution in [0.5, 0.6) is 0 Å². The highest BCUT2D eigenvalue weighted by Crippen LogP contribution is 2.51.